The number of rotatable bonds is 5. The molecule has 0 aliphatic carbocycles. The number of para-hydroxylation sites is 1. The molecule has 0 saturated carbocycles. The van der Waals surface area contributed by atoms with E-state index in [2.05, 4.69) is 16.7 Å². The Bertz CT molecular complexity index is 423. The van der Waals surface area contributed by atoms with Gasteiger partial charge in [-0.05, 0) is 18.6 Å². The van der Waals surface area contributed by atoms with Crippen molar-refractivity contribution in [2.24, 2.45) is 5.92 Å². The van der Waals surface area contributed by atoms with Crippen LogP contribution in [-0.4, -0.2) is 12.5 Å². The van der Waals surface area contributed by atoms with Crippen molar-refractivity contribution < 1.29 is 4.79 Å². The lowest BCUT2D eigenvalue weighted by atomic mass is 10.1. The van der Waals surface area contributed by atoms with Crippen molar-refractivity contribution in [2.75, 3.05) is 11.9 Å². The third-order valence-electron chi connectivity index (χ3n) is 2.31. The van der Waals surface area contributed by atoms with E-state index in [0.29, 0.717) is 13.1 Å². The van der Waals surface area contributed by atoms with Crippen LogP contribution >= 0.6 is 0 Å². The second-order valence-corrected chi connectivity index (χ2v) is 4.00. The van der Waals surface area contributed by atoms with Crippen molar-refractivity contribution in [1.29, 1.82) is 5.26 Å². The summed E-state index contributed by atoms with van der Waals surface area (Å²) in [6, 6.07) is 9.79. The molecule has 2 N–H and O–H groups in total. The molecule has 0 spiro atoms. The Labute approximate surface area is 102 Å². The number of nitriles is 1. The van der Waals surface area contributed by atoms with Crippen LogP contribution in [0.4, 0.5) is 5.69 Å². The third-order valence-corrected chi connectivity index (χ3v) is 2.31. The molecule has 1 aromatic carbocycles. The SMILES string of the molecule is CC(=O)Nc1ccccc1CNCC(C)C#N. The van der Waals surface area contributed by atoms with E-state index in [0.717, 1.165) is 11.3 Å². The summed E-state index contributed by atoms with van der Waals surface area (Å²) in [5, 5.41) is 14.6. The van der Waals surface area contributed by atoms with Gasteiger partial charge in [0.2, 0.25) is 5.91 Å². The second kappa shape index (κ2) is 6.66. The van der Waals surface area contributed by atoms with Gasteiger partial charge < -0.3 is 10.6 Å². The first-order valence-electron chi connectivity index (χ1n) is 5.59. The van der Waals surface area contributed by atoms with Crippen LogP contribution in [0.2, 0.25) is 0 Å². The third kappa shape index (κ3) is 4.66. The van der Waals surface area contributed by atoms with Gasteiger partial charge in [0, 0.05) is 25.7 Å². The Morgan fingerprint density at radius 3 is 2.82 bits per heavy atom. The Morgan fingerprint density at radius 2 is 2.18 bits per heavy atom. The first kappa shape index (κ1) is 13.2. The number of hydrogen-bond acceptors (Lipinski definition) is 3. The normalized spacial score (nSPS) is 11.6. The minimum atomic E-state index is -0.0807. The molecular formula is C13H17N3O. The van der Waals surface area contributed by atoms with Crippen molar-refractivity contribution >= 4 is 11.6 Å². The van der Waals surface area contributed by atoms with Gasteiger partial charge in [0.1, 0.15) is 0 Å². The lowest BCUT2D eigenvalue weighted by Gasteiger charge is -2.11. The number of carbonyl (C=O) groups excluding carboxylic acids is 1. The van der Waals surface area contributed by atoms with Crippen LogP contribution in [-0.2, 0) is 11.3 Å². The summed E-state index contributed by atoms with van der Waals surface area (Å²) in [5.74, 6) is -0.0919. The molecule has 1 unspecified atom stereocenters. The Balaban J connectivity index is 2.58. The van der Waals surface area contributed by atoms with Gasteiger partial charge in [-0.15, -0.1) is 0 Å². The Kier molecular flexibility index (Phi) is 5.18. The van der Waals surface area contributed by atoms with Crippen molar-refractivity contribution in [1.82, 2.24) is 5.32 Å². The predicted molar refractivity (Wildman–Crippen MR) is 67.2 cm³/mol. The fraction of sp³-hybridized carbons (Fsp3) is 0.385. The molecule has 17 heavy (non-hydrogen) atoms. The number of benzene rings is 1. The molecule has 0 saturated heterocycles. The summed E-state index contributed by atoms with van der Waals surface area (Å²) < 4.78 is 0. The fourth-order valence-corrected chi connectivity index (χ4v) is 1.46. The molecule has 4 heteroatoms. The maximum atomic E-state index is 11.0. The van der Waals surface area contributed by atoms with Crippen LogP contribution in [0, 0.1) is 17.2 Å². The van der Waals surface area contributed by atoms with Crippen LogP contribution in [0.1, 0.15) is 19.4 Å². The van der Waals surface area contributed by atoms with Crippen molar-refractivity contribution in [3.8, 4) is 6.07 Å². The van der Waals surface area contributed by atoms with Gasteiger partial charge in [-0.2, -0.15) is 5.26 Å². The molecule has 1 aromatic rings. The minimum Gasteiger partial charge on any atom is -0.326 e. The first-order valence-corrected chi connectivity index (χ1v) is 5.59. The van der Waals surface area contributed by atoms with Gasteiger partial charge in [-0.1, -0.05) is 18.2 Å². The number of carbonyl (C=O) groups is 1. The molecule has 0 aliphatic heterocycles. The van der Waals surface area contributed by atoms with Crippen LogP contribution in [0.5, 0.6) is 0 Å². The molecule has 0 bridgehead atoms. The quantitative estimate of drug-likeness (QED) is 0.813. The summed E-state index contributed by atoms with van der Waals surface area (Å²) in [6.45, 7) is 4.64. The summed E-state index contributed by atoms with van der Waals surface area (Å²) in [6.07, 6.45) is 0. The molecule has 0 radical (unpaired) electrons. The summed E-state index contributed by atoms with van der Waals surface area (Å²) in [4.78, 5) is 11.0. The van der Waals surface area contributed by atoms with Gasteiger partial charge in [0.15, 0.2) is 0 Å². The highest BCUT2D eigenvalue weighted by Gasteiger charge is 2.04. The zero-order valence-corrected chi connectivity index (χ0v) is 10.2. The van der Waals surface area contributed by atoms with Crippen LogP contribution in [0.3, 0.4) is 0 Å². The zero-order valence-electron chi connectivity index (χ0n) is 10.2. The van der Waals surface area contributed by atoms with E-state index in [-0.39, 0.29) is 11.8 Å². The van der Waals surface area contributed by atoms with Crippen LogP contribution < -0.4 is 10.6 Å². The number of anilines is 1. The Hall–Kier alpha value is -1.86. The van der Waals surface area contributed by atoms with E-state index in [4.69, 9.17) is 5.26 Å². The van der Waals surface area contributed by atoms with Gasteiger partial charge in [0.05, 0.1) is 12.0 Å². The minimum absolute atomic E-state index is 0.0112. The van der Waals surface area contributed by atoms with E-state index in [1.807, 2.05) is 31.2 Å². The molecule has 1 amide bonds. The van der Waals surface area contributed by atoms with Crippen molar-refractivity contribution in [3.63, 3.8) is 0 Å². The molecule has 1 rings (SSSR count). The van der Waals surface area contributed by atoms with E-state index >= 15 is 0 Å². The van der Waals surface area contributed by atoms with E-state index in [1.165, 1.54) is 6.92 Å². The van der Waals surface area contributed by atoms with Crippen LogP contribution in [0.15, 0.2) is 24.3 Å². The molecule has 1 atom stereocenters. The van der Waals surface area contributed by atoms with E-state index in [1.54, 1.807) is 0 Å². The monoisotopic (exact) mass is 231 g/mol. The highest BCUT2D eigenvalue weighted by Crippen LogP contribution is 2.14. The molecule has 4 nitrogen and oxygen atoms in total. The maximum absolute atomic E-state index is 11.0. The molecular weight excluding hydrogens is 214 g/mol. The Morgan fingerprint density at radius 1 is 1.47 bits per heavy atom. The van der Waals surface area contributed by atoms with E-state index < -0.39 is 0 Å². The highest BCUT2D eigenvalue weighted by atomic mass is 16.1. The van der Waals surface area contributed by atoms with Gasteiger partial charge in [-0.25, -0.2) is 0 Å². The summed E-state index contributed by atoms with van der Waals surface area (Å²) in [7, 11) is 0. The lowest BCUT2D eigenvalue weighted by Crippen LogP contribution is -2.21. The molecule has 0 heterocycles. The smallest absolute Gasteiger partial charge is 0.221 e. The average Bonchev–Trinajstić information content (AvgIpc) is 2.30. The topological polar surface area (TPSA) is 64.9 Å². The largest absolute Gasteiger partial charge is 0.326 e. The summed E-state index contributed by atoms with van der Waals surface area (Å²) >= 11 is 0. The van der Waals surface area contributed by atoms with Gasteiger partial charge >= 0.3 is 0 Å². The highest BCUT2D eigenvalue weighted by molar-refractivity contribution is 5.89. The molecule has 0 aliphatic rings. The lowest BCUT2D eigenvalue weighted by molar-refractivity contribution is -0.114. The fourth-order valence-electron chi connectivity index (χ4n) is 1.46. The molecule has 0 fully saturated rings. The van der Waals surface area contributed by atoms with E-state index in [9.17, 15) is 4.79 Å². The van der Waals surface area contributed by atoms with Crippen LogP contribution in [0.25, 0.3) is 0 Å². The van der Waals surface area contributed by atoms with Crippen molar-refractivity contribution in [2.45, 2.75) is 20.4 Å². The average molecular weight is 231 g/mol. The number of amides is 1. The maximum Gasteiger partial charge on any atom is 0.221 e. The predicted octanol–water partition coefficient (Wildman–Crippen LogP) is 1.89. The van der Waals surface area contributed by atoms with Gasteiger partial charge in [-0.3, -0.25) is 4.79 Å². The standard InChI is InChI=1S/C13H17N3O/c1-10(7-14)8-15-9-12-5-3-4-6-13(12)16-11(2)17/h3-6,10,15H,8-9H2,1-2H3,(H,16,17). The summed E-state index contributed by atoms with van der Waals surface area (Å²) in [5.41, 5.74) is 1.84. The first-order chi connectivity index (χ1) is 8.13. The number of hydrogen-bond donors (Lipinski definition) is 2. The van der Waals surface area contributed by atoms with Gasteiger partial charge in [0.25, 0.3) is 0 Å². The molecule has 0 aromatic heterocycles. The molecule has 90 valence electrons. The second-order valence-electron chi connectivity index (χ2n) is 4.00. The zero-order chi connectivity index (χ0) is 12.7. The number of nitrogens with one attached hydrogen (secondary N) is 2. The number of nitrogens with zero attached hydrogens (tertiary/aromatic N) is 1. The van der Waals surface area contributed by atoms with Crippen molar-refractivity contribution in [3.05, 3.63) is 29.8 Å².